The highest BCUT2D eigenvalue weighted by molar-refractivity contribution is 5.89. The molecule has 0 unspecified atom stereocenters. The first-order chi connectivity index (χ1) is 6.54. The van der Waals surface area contributed by atoms with Crippen LogP contribution in [0.15, 0.2) is 12.1 Å². The Morgan fingerprint density at radius 1 is 1.36 bits per heavy atom. The van der Waals surface area contributed by atoms with Crippen molar-refractivity contribution in [1.82, 2.24) is 0 Å². The number of primary amides is 1. The Hall–Kier alpha value is -1.71. The number of nitrogens with two attached hydrogens (primary N) is 1. The fourth-order valence-electron chi connectivity index (χ4n) is 1.28. The van der Waals surface area contributed by atoms with Crippen LogP contribution in [0.2, 0.25) is 0 Å². The van der Waals surface area contributed by atoms with E-state index < -0.39 is 6.03 Å². The number of hydrogen-bond acceptors (Lipinski definition) is 2. The van der Waals surface area contributed by atoms with Crippen molar-refractivity contribution in [3.8, 4) is 5.75 Å². The smallest absolute Gasteiger partial charge is 0.316 e. The van der Waals surface area contributed by atoms with Crippen molar-refractivity contribution < 1.29 is 9.53 Å². The summed E-state index contributed by atoms with van der Waals surface area (Å²) in [6.45, 7) is 3.79. The number of anilines is 1. The largest absolute Gasteiger partial charge is 0.496 e. The quantitative estimate of drug-likeness (QED) is 0.754. The summed E-state index contributed by atoms with van der Waals surface area (Å²) < 4.78 is 5.14. The molecule has 0 saturated heterocycles. The van der Waals surface area contributed by atoms with Crippen molar-refractivity contribution in [2.75, 3.05) is 12.4 Å². The Kier molecular flexibility index (Phi) is 2.96. The van der Waals surface area contributed by atoms with Gasteiger partial charge in [-0.05, 0) is 37.1 Å². The number of methoxy groups -OCH3 is 1. The first-order valence-electron chi connectivity index (χ1n) is 4.26. The van der Waals surface area contributed by atoms with E-state index in [0.29, 0.717) is 0 Å². The van der Waals surface area contributed by atoms with E-state index in [-0.39, 0.29) is 0 Å². The van der Waals surface area contributed by atoms with Gasteiger partial charge in [-0.2, -0.15) is 0 Å². The molecule has 0 aliphatic carbocycles. The second-order valence-electron chi connectivity index (χ2n) is 3.13. The molecule has 1 aromatic carbocycles. The first kappa shape index (κ1) is 10.4. The predicted octanol–water partition coefficient (Wildman–Crippen LogP) is 1.80. The van der Waals surface area contributed by atoms with Crippen LogP contribution in [0.3, 0.4) is 0 Å². The summed E-state index contributed by atoms with van der Waals surface area (Å²) in [6.07, 6.45) is 0. The van der Waals surface area contributed by atoms with Gasteiger partial charge >= 0.3 is 6.03 Å². The van der Waals surface area contributed by atoms with Crippen LogP contribution in [-0.2, 0) is 0 Å². The monoisotopic (exact) mass is 194 g/mol. The molecule has 0 spiro atoms. The van der Waals surface area contributed by atoms with Crippen molar-refractivity contribution in [1.29, 1.82) is 0 Å². The van der Waals surface area contributed by atoms with Gasteiger partial charge in [0.05, 0.1) is 7.11 Å². The highest BCUT2D eigenvalue weighted by atomic mass is 16.5. The lowest BCUT2D eigenvalue weighted by Crippen LogP contribution is -2.19. The van der Waals surface area contributed by atoms with Crippen LogP contribution in [-0.4, -0.2) is 13.1 Å². The van der Waals surface area contributed by atoms with Crippen molar-refractivity contribution in [2.24, 2.45) is 5.73 Å². The third kappa shape index (κ3) is 2.16. The number of hydrogen-bond donors (Lipinski definition) is 2. The normalized spacial score (nSPS) is 9.64. The number of urea groups is 1. The lowest BCUT2D eigenvalue weighted by atomic mass is 10.1. The Balaban J connectivity index is 3.08. The number of carbonyl (C=O) groups excluding carboxylic acids is 1. The van der Waals surface area contributed by atoms with Gasteiger partial charge in [0.15, 0.2) is 0 Å². The molecule has 2 amide bonds. The molecule has 14 heavy (non-hydrogen) atoms. The molecule has 3 N–H and O–H groups in total. The summed E-state index contributed by atoms with van der Waals surface area (Å²) in [7, 11) is 1.61. The predicted molar refractivity (Wildman–Crippen MR) is 55.7 cm³/mol. The van der Waals surface area contributed by atoms with E-state index in [9.17, 15) is 4.79 Å². The van der Waals surface area contributed by atoms with Crippen molar-refractivity contribution >= 4 is 11.7 Å². The number of aryl methyl sites for hydroxylation is 2. The maximum atomic E-state index is 10.7. The fraction of sp³-hybridized carbons (Fsp3) is 0.300. The third-order valence-corrected chi connectivity index (χ3v) is 2.00. The average molecular weight is 194 g/mol. The van der Waals surface area contributed by atoms with Crippen molar-refractivity contribution in [3.05, 3.63) is 23.3 Å². The Morgan fingerprint density at radius 2 is 2.00 bits per heavy atom. The van der Waals surface area contributed by atoms with Gasteiger partial charge in [0, 0.05) is 5.69 Å². The molecule has 4 nitrogen and oxygen atoms in total. The Morgan fingerprint density at radius 3 is 2.50 bits per heavy atom. The molecule has 76 valence electrons. The minimum absolute atomic E-state index is 0.558. The van der Waals surface area contributed by atoms with Gasteiger partial charge < -0.3 is 15.8 Å². The molecule has 0 aromatic heterocycles. The average Bonchev–Trinajstić information content (AvgIpc) is 2.10. The van der Waals surface area contributed by atoms with Crippen molar-refractivity contribution in [3.63, 3.8) is 0 Å². The number of rotatable bonds is 2. The Bertz CT molecular complexity index is 361. The number of ether oxygens (including phenoxy) is 1. The van der Waals surface area contributed by atoms with E-state index in [1.54, 1.807) is 7.11 Å². The maximum absolute atomic E-state index is 10.7. The molecule has 0 aliphatic heterocycles. The van der Waals surface area contributed by atoms with Crippen LogP contribution >= 0.6 is 0 Å². The van der Waals surface area contributed by atoms with Crippen molar-refractivity contribution in [2.45, 2.75) is 13.8 Å². The van der Waals surface area contributed by atoms with E-state index in [4.69, 9.17) is 10.5 Å². The fourth-order valence-corrected chi connectivity index (χ4v) is 1.28. The molecule has 0 fully saturated rings. The van der Waals surface area contributed by atoms with Crippen LogP contribution in [0.4, 0.5) is 10.5 Å². The second-order valence-corrected chi connectivity index (χ2v) is 3.13. The van der Waals surface area contributed by atoms with Crippen LogP contribution < -0.4 is 15.8 Å². The third-order valence-electron chi connectivity index (χ3n) is 2.00. The zero-order valence-corrected chi connectivity index (χ0v) is 8.55. The van der Waals surface area contributed by atoms with E-state index in [0.717, 1.165) is 22.6 Å². The molecular weight excluding hydrogens is 180 g/mol. The molecule has 1 aromatic rings. The summed E-state index contributed by atoms with van der Waals surface area (Å²) in [5.41, 5.74) is 7.63. The molecule has 0 heterocycles. The van der Waals surface area contributed by atoms with Gasteiger partial charge in [-0.15, -0.1) is 0 Å². The van der Waals surface area contributed by atoms with Crippen LogP contribution in [0.25, 0.3) is 0 Å². The first-order valence-corrected chi connectivity index (χ1v) is 4.26. The summed E-state index contributed by atoms with van der Waals surface area (Å²) >= 11 is 0. The Labute approximate surface area is 83.1 Å². The number of nitrogens with one attached hydrogen (secondary N) is 1. The molecule has 4 heteroatoms. The zero-order chi connectivity index (χ0) is 10.7. The molecule has 0 saturated carbocycles. The summed E-state index contributed by atoms with van der Waals surface area (Å²) in [5.74, 6) is 0.803. The molecule has 0 atom stereocenters. The van der Waals surface area contributed by atoms with Gasteiger partial charge in [0.2, 0.25) is 0 Å². The highest BCUT2D eigenvalue weighted by Gasteiger charge is 2.05. The van der Waals surface area contributed by atoms with E-state index in [1.165, 1.54) is 0 Å². The number of benzene rings is 1. The molecule has 1 rings (SSSR count). The minimum atomic E-state index is -0.558. The van der Waals surface area contributed by atoms with E-state index >= 15 is 0 Å². The SMILES string of the molecule is COc1cc(C)c(NC(N)=O)cc1C. The van der Waals surface area contributed by atoms with Gasteiger partial charge in [-0.25, -0.2) is 4.79 Å². The van der Waals surface area contributed by atoms with E-state index in [1.807, 2.05) is 26.0 Å². The molecular formula is C10H14N2O2. The lowest BCUT2D eigenvalue weighted by molar-refractivity contribution is 0.259. The maximum Gasteiger partial charge on any atom is 0.316 e. The summed E-state index contributed by atoms with van der Waals surface area (Å²) in [5, 5.41) is 2.55. The van der Waals surface area contributed by atoms with Gasteiger partial charge in [-0.1, -0.05) is 0 Å². The molecule has 0 aliphatic rings. The van der Waals surface area contributed by atoms with Gasteiger partial charge in [0.25, 0.3) is 0 Å². The second kappa shape index (κ2) is 4.00. The molecule has 0 bridgehead atoms. The number of amides is 2. The lowest BCUT2D eigenvalue weighted by Gasteiger charge is -2.10. The zero-order valence-electron chi connectivity index (χ0n) is 8.55. The van der Waals surface area contributed by atoms with Gasteiger partial charge in [-0.3, -0.25) is 0 Å². The van der Waals surface area contributed by atoms with Crippen LogP contribution in [0.5, 0.6) is 5.75 Å². The van der Waals surface area contributed by atoms with Gasteiger partial charge in [0.1, 0.15) is 5.75 Å². The topological polar surface area (TPSA) is 64.3 Å². The summed E-state index contributed by atoms with van der Waals surface area (Å²) in [6, 6.07) is 3.14. The highest BCUT2D eigenvalue weighted by Crippen LogP contribution is 2.25. The van der Waals surface area contributed by atoms with E-state index in [2.05, 4.69) is 5.32 Å². The van der Waals surface area contributed by atoms with Crippen LogP contribution in [0, 0.1) is 13.8 Å². The van der Waals surface area contributed by atoms with Crippen LogP contribution in [0.1, 0.15) is 11.1 Å². The summed E-state index contributed by atoms with van der Waals surface area (Å²) in [4.78, 5) is 10.7. The molecule has 0 radical (unpaired) electrons. The standard InChI is InChI=1S/C10H14N2O2/c1-6-5-9(14-3)7(2)4-8(6)12-10(11)13/h4-5H,1-3H3,(H3,11,12,13). The minimum Gasteiger partial charge on any atom is -0.496 e. The number of carbonyl (C=O) groups is 1.